The minimum Gasteiger partial charge on any atom is -0.465 e. The van der Waals surface area contributed by atoms with E-state index in [9.17, 15) is 4.79 Å². The molecule has 0 radical (unpaired) electrons. The molecule has 0 fully saturated rings. The van der Waals surface area contributed by atoms with Gasteiger partial charge in [0.15, 0.2) is 5.82 Å². The Morgan fingerprint density at radius 2 is 2.14 bits per heavy atom. The highest BCUT2D eigenvalue weighted by atomic mass is 16.5. The summed E-state index contributed by atoms with van der Waals surface area (Å²) >= 11 is 0. The zero-order chi connectivity index (χ0) is 15.6. The summed E-state index contributed by atoms with van der Waals surface area (Å²) in [4.78, 5) is 17.8. The molecule has 6 heteroatoms. The van der Waals surface area contributed by atoms with Gasteiger partial charge in [-0.2, -0.15) is 5.10 Å². The van der Waals surface area contributed by atoms with E-state index in [0.29, 0.717) is 12.4 Å². The summed E-state index contributed by atoms with van der Waals surface area (Å²) in [6.07, 6.45) is 3.50. The fraction of sp³-hybridized carbons (Fsp3) is 0.533. The molecule has 114 valence electrons. The van der Waals surface area contributed by atoms with Crippen molar-refractivity contribution in [1.82, 2.24) is 14.6 Å². The lowest BCUT2D eigenvalue weighted by Crippen LogP contribution is -2.28. The lowest BCUT2D eigenvalue weighted by atomic mass is 9.92. The molecule has 0 spiro atoms. The predicted molar refractivity (Wildman–Crippen MR) is 81.6 cm³/mol. The average Bonchev–Trinajstić information content (AvgIpc) is 2.82. The first kappa shape index (κ1) is 15.3. The quantitative estimate of drug-likeness (QED) is 0.806. The van der Waals surface area contributed by atoms with E-state index >= 15 is 0 Å². The Balaban J connectivity index is 2.35. The average molecular weight is 290 g/mol. The normalized spacial score (nSPS) is 11.7. The molecule has 6 nitrogen and oxygen atoms in total. The van der Waals surface area contributed by atoms with Crippen LogP contribution in [0.5, 0.6) is 0 Å². The van der Waals surface area contributed by atoms with Crippen molar-refractivity contribution in [2.75, 3.05) is 25.1 Å². The number of fused-ring (bicyclic) bond motifs is 1. The highest BCUT2D eigenvalue weighted by Crippen LogP contribution is 2.25. The van der Waals surface area contributed by atoms with Crippen LogP contribution in [0.4, 0.5) is 5.82 Å². The first-order valence-corrected chi connectivity index (χ1v) is 7.04. The van der Waals surface area contributed by atoms with Crippen molar-refractivity contribution in [3.63, 3.8) is 0 Å². The number of hydrogen-bond acceptors (Lipinski definition) is 5. The van der Waals surface area contributed by atoms with Gasteiger partial charge in [-0.3, -0.25) is 4.79 Å². The van der Waals surface area contributed by atoms with Crippen LogP contribution in [0.2, 0.25) is 0 Å². The van der Waals surface area contributed by atoms with Gasteiger partial charge in [0.05, 0.1) is 12.3 Å². The fourth-order valence-corrected chi connectivity index (χ4v) is 2.04. The number of anilines is 1. The number of nitrogens with zero attached hydrogens (tertiary/aromatic N) is 4. The Morgan fingerprint density at radius 1 is 1.43 bits per heavy atom. The van der Waals surface area contributed by atoms with Crippen LogP contribution >= 0.6 is 0 Å². The van der Waals surface area contributed by atoms with Gasteiger partial charge in [0.25, 0.3) is 0 Å². The molecule has 0 atom stereocenters. The van der Waals surface area contributed by atoms with E-state index in [1.165, 1.54) is 0 Å². The van der Waals surface area contributed by atoms with Crippen molar-refractivity contribution in [2.24, 2.45) is 0 Å². The minimum absolute atomic E-state index is 0.0387. The van der Waals surface area contributed by atoms with Crippen molar-refractivity contribution >= 4 is 17.3 Å². The molecule has 0 aliphatic rings. The Kier molecular flexibility index (Phi) is 4.16. The number of likely N-dealkylation sites (N-methyl/N-ethyl adjacent to an activating group) is 1. The maximum absolute atomic E-state index is 11.6. The van der Waals surface area contributed by atoms with Crippen molar-refractivity contribution < 1.29 is 9.53 Å². The second kappa shape index (κ2) is 5.71. The molecule has 21 heavy (non-hydrogen) atoms. The molecule has 0 bridgehead atoms. The molecule has 0 aliphatic heterocycles. The first-order valence-electron chi connectivity index (χ1n) is 7.04. The van der Waals surface area contributed by atoms with Crippen LogP contribution in [0.1, 0.15) is 33.4 Å². The smallest absolute Gasteiger partial charge is 0.325 e. The summed E-state index contributed by atoms with van der Waals surface area (Å²) in [5, 5.41) is 4.58. The Labute approximate surface area is 124 Å². The third kappa shape index (κ3) is 3.32. The molecule has 0 aliphatic carbocycles. The third-order valence-electron chi connectivity index (χ3n) is 3.17. The minimum atomic E-state index is -0.264. The third-order valence-corrected chi connectivity index (χ3v) is 3.17. The Bertz CT molecular complexity index is 643. The molecule has 0 saturated heterocycles. The van der Waals surface area contributed by atoms with Crippen molar-refractivity contribution in [3.8, 4) is 0 Å². The van der Waals surface area contributed by atoms with E-state index in [2.05, 4.69) is 30.9 Å². The molecule has 2 heterocycles. The van der Waals surface area contributed by atoms with Gasteiger partial charge < -0.3 is 9.64 Å². The second-order valence-electron chi connectivity index (χ2n) is 6.02. The van der Waals surface area contributed by atoms with Crippen LogP contribution in [0.25, 0.3) is 5.52 Å². The molecule has 0 aromatic carbocycles. The first-order chi connectivity index (χ1) is 9.82. The van der Waals surface area contributed by atoms with Gasteiger partial charge in [0.1, 0.15) is 12.1 Å². The van der Waals surface area contributed by atoms with Crippen molar-refractivity contribution in [3.05, 3.63) is 24.2 Å². The number of rotatable bonds is 4. The zero-order valence-corrected chi connectivity index (χ0v) is 13.3. The summed E-state index contributed by atoms with van der Waals surface area (Å²) in [5.74, 6) is 0.452. The molecule has 0 amide bonds. The second-order valence-corrected chi connectivity index (χ2v) is 6.02. The van der Waals surface area contributed by atoms with Gasteiger partial charge in [-0.25, -0.2) is 9.50 Å². The predicted octanol–water partition coefficient (Wildman–Crippen LogP) is 2.03. The number of esters is 1. The Morgan fingerprint density at radius 3 is 2.76 bits per heavy atom. The van der Waals surface area contributed by atoms with Gasteiger partial charge in [-0.1, -0.05) is 20.8 Å². The highest BCUT2D eigenvalue weighted by Gasteiger charge is 2.20. The topological polar surface area (TPSA) is 59.7 Å². The number of hydrogen-bond donors (Lipinski definition) is 0. The van der Waals surface area contributed by atoms with E-state index in [4.69, 9.17) is 4.74 Å². The van der Waals surface area contributed by atoms with Crippen LogP contribution in [0.3, 0.4) is 0 Å². The van der Waals surface area contributed by atoms with Crippen LogP contribution in [0, 0.1) is 0 Å². The molecule has 2 aromatic rings. The summed E-state index contributed by atoms with van der Waals surface area (Å²) in [6.45, 7) is 8.68. The molecule has 0 N–H and O–H groups in total. The summed E-state index contributed by atoms with van der Waals surface area (Å²) in [7, 11) is 1.82. The number of carbonyl (C=O) groups is 1. The van der Waals surface area contributed by atoms with Gasteiger partial charge in [0.2, 0.25) is 0 Å². The van der Waals surface area contributed by atoms with Crippen molar-refractivity contribution in [1.29, 1.82) is 0 Å². The highest BCUT2D eigenvalue weighted by molar-refractivity contribution is 5.78. The number of aromatic nitrogens is 3. The summed E-state index contributed by atoms with van der Waals surface area (Å²) in [6, 6.07) is 2.02. The standard InChI is InChI=1S/C15H22N4O2/c1-6-21-13(20)10-18(5)14-11-9-12(15(2,3)4)17-19(11)8-7-16-14/h7-9H,6,10H2,1-5H3. The van der Waals surface area contributed by atoms with Gasteiger partial charge in [-0.15, -0.1) is 0 Å². The number of carbonyl (C=O) groups excluding carboxylic acids is 1. The molecule has 2 rings (SSSR count). The summed E-state index contributed by atoms with van der Waals surface area (Å²) in [5.41, 5.74) is 1.83. The molecular weight excluding hydrogens is 268 g/mol. The molecular formula is C15H22N4O2. The largest absolute Gasteiger partial charge is 0.465 e. The lowest BCUT2D eigenvalue weighted by molar-refractivity contribution is -0.141. The van der Waals surface area contributed by atoms with Gasteiger partial charge >= 0.3 is 5.97 Å². The van der Waals surface area contributed by atoms with Crippen LogP contribution in [-0.2, 0) is 14.9 Å². The molecule has 2 aromatic heterocycles. The fourth-order valence-electron chi connectivity index (χ4n) is 2.04. The SMILES string of the molecule is CCOC(=O)CN(C)c1nccn2nc(C(C)(C)C)cc12. The molecule has 0 unspecified atom stereocenters. The maximum Gasteiger partial charge on any atom is 0.325 e. The van der Waals surface area contributed by atoms with Crippen LogP contribution < -0.4 is 4.90 Å². The van der Waals surface area contributed by atoms with Gasteiger partial charge in [0, 0.05) is 24.9 Å². The maximum atomic E-state index is 11.6. The van der Waals surface area contributed by atoms with E-state index < -0.39 is 0 Å². The van der Waals surface area contributed by atoms with Gasteiger partial charge in [-0.05, 0) is 13.0 Å². The van der Waals surface area contributed by atoms with E-state index in [0.717, 1.165) is 11.2 Å². The lowest BCUT2D eigenvalue weighted by Gasteiger charge is -2.17. The van der Waals surface area contributed by atoms with Crippen LogP contribution in [0.15, 0.2) is 18.5 Å². The Hall–Kier alpha value is -2.11. The van der Waals surface area contributed by atoms with E-state index in [1.54, 1.807) is 22.5 Å². The van der Waals surface area contributed by atoms with Crippen LogP contribution in [-0.4, -0.2) is 40.8 Å². The van der Waals surface area contributed by atoms with E-state index in [1.807, 2.05) is 19.3 Å². The zero-order valence-electron chi connectivity index (χ0n) is 13.3. The number of ether oxygens (including phenoxy) is 1. The summed E-state index contributed by atoms with van der Waals surface area (Å²) < 4.78 is 6.77. The molecule has 0 saturated carbocycles. The van der Waals surface area contributed by atoms with E-state index in [-0.39, 0.29) is 17.9 Å². The monoisotopic (exact) mass is 290 g/mol. The van der Waals surface area contributed by atoms with Crippen molar-refractivity contribution in [2.45, 2.75) is 33.1 Å².